The molecule has 0 aliphatic heterocycles. The molecule has 0 saturated heterocycles. The summed E-state index contributed by atoms with van der Waals surface area (Å²) in [6.45, 7) is 1.75. The largest absolute Gasteiger partial charge is 0.290 e. The van der Waals surface area contributed by atoms with Crippen LogP contribution in [0.4, 0.5) is 0 Å². The van der Waals surface area contributed by atoms with Crippen LogP contribution in [0.5, 0.6) is 0 Å². The first-order chi connectivity index (χ1) is 6.27. The van der Waals surface area contributed by atoms with Crippen LogP contribution in [0, 0.1) is 17.3 Å². The third-order valence-corrected chi connectivity index (χ3v) is 1.53. The number of hydroxylamine groups is 1. The molecule has 0 aliphatic carbocycles. The molecule has 0 bridgehead atoms. The molecule has 1 aromatic rings. The van der Waals surface area contributed by atoms with Crippen molar-refractivity contribution >= 4 is 5.84 Å². The van der Waals surface area contributed by atoms with Gasteiger partial charge in [-0.3, -0.25) is 16.1 Å². The number of hydrogen-bond acceptors (Lipinski definition) is 2. The smallest absolute Gasteiger partial charge is 0.149 e. The molecule has 0 aromatic heterocycles. The van der Waals surface area contributed by atoms with Gasteiger partial charge in [-0.05, 0) is 19.1 Å². The van der Waals surface area contributed by atoms with Gasteiger partial charge in [-0.15, -0.1) is 5.92 Å². The van der Waals surface area contributed by atoms with E-state index in [1.165, 1.54) is 0 Å². The van der Waals surface area contributed by atoms with E-state index in [-0.39, 0.29) is 5.84 Å². The van der Waals surface area contributed by atoms with E-state index in [9.17, 15) is 0 Å². The van der Waals surface area contributed by atoms with E-state index in [2.05, 4.69) is 11.8 Å². The summed E-state index contributed by atoms with van der Waals surface area (Å²) >= 11 is 0. The zero-order chi connectivity index (χ0) is 9.68. The van der Waals surface area contributed by atoms with Crippen molar-refractivity contribution in [2.24, 2.45) is 0 Å². The molecule has 3 heteroatoms. The maximum absolute atomic E-state index is 8.50. The molecule has 0 atom stereocenters. The molecule has 3 N–H and O–H groups in total. The number of rotatable bonds is 1. The zero-order valence-electron chi connectivity index (χ0n) is 7.26. The average Bonchev–Trinajstić information content (AvgIpc) is 2.18. The standard InChI is InChI=1S/C10H10N2O/c1-2-4-8-5-3-6-9(7-8)10(11)12-13/h3,5-7,13H,1H3,(H2,11,12). The van der Waals surface area contributed by atoms with Crippen molar-refractivity contribution in [2.45, 2.75) is 6.92 Å². The molecule has 0 heterocycles. The Morgan fingerprint density at radius 3 is 2.92 bits per heavy atom. The van der Waals surface area contributed by atoms with E-state index < -0.39 is 0 Å². The number of hydrogen-bond donors (Lipinski definition) is 3. The van der Waals surface area contributed by atoms with Gasteiger partial charge in [0, 0.05) is 11.1 Å². The van der Waals surface area contributed by atoms with Crippen LogP contribution in [0.25, 0.3) is 0 Å². The Labute approximate surface area is 76.9 Å². The Bertz CT molecular complexity index is 374. The van der Waals surface area contributed by atoms with Crippen molar-refractivity contribution in [3.63, 3.8) is 0 Å². The van der Waals surface area contributed by atoms with Gasteiger partial charge in [0.2, 0.25) is 0 Å². The lowest BCUT2D eigenvalue weighted by atomic mass is 10.1. The van der Waals surface area contributed by atoms with Gasteiger partial charge in [-0.1, -0.05) is 18.1 Å². The molecule has 1 aromatic carbocycles. The second-order valence-corrected chi connectivity index (χ2v) is 2.44. The second kappa shape index (κ2) is 4.29. The van der Waals surface area contributed by atoms with E-state index in [1.54, 1.807) is 30.6 Å². The Hall–Kier alpha value is -1.79. The van der Waals surface area contributed by atoms with Crippen LogP contribution in [-0.4, -0.2) is 11.0 Å². The van der Waals surface area contributed by atoms with Gasteiger partial charge in [0.05, 0.1) is 0 Å². The van der Waals surface area contributed by atoms with Crippen LogP contribution < -0.4 is 5.48 Å². The molecule has 0 amide bonds. The molecule has 13 heavy (non-hydrogen) atoms. The first kappa shape index (κ1) is 9.30. The molecule has 0 fully saturated rings. The lowest BCUT2D eigenvalue weighted by molar-refractivity contribution is 0.234. The van der Waals surface area contributed by atoms with Crippen molar-refractivity contribution in [3.8, 4) is 11.8 Å². The summed E-state index contributed by atoms with van der Waals surface area (Å²) in [6.07, 6.45) is 0. The Morgan fingerprint density at radius 2 is 2.31 bits per heavy atom. The normalized spacial score (nSPS) is 8.46. The summed E-state index contributed by atoms with van der Waals surface area (Å²) in [4.78, 5) is 0. The molecule has 0 radical (unpaired) electrons. The highest BCUT2D eigenvalue weighted by molar-refractivity contribution is 5.95. The summed E-state index contributed by atoms with van der Waals surface area (Å²) in [6, 6.07) is 7.11. The summed E-state index contributed by atoms with van der Waals surface area (Å²) in [5.41, 5.74) is 3.23. The van der Waals surface area contributed by atoms with Crippen LogP contribution in [0.1, 0.15) is 18.1 Å². The van der Waals surface area contributed by atoms with Gasteiger partial charge in [0.1, 0.15) is 5.84 Å². The summed E-state index contributed by atoms with van der Waals surface area (Å²) < 4.78 is 0. The SMILES string of the molecule is CC#Cc1cccc(C(=N)NO)c1. The van der Waals surface area contributed by atoms with E-state index in [0.717, 1.165) is 5.56 Å². The lowest BCUT2D eigenvalue weighted by Crippen LogP contribution is -2.18. The molecule has 0 unspecified atom stereocenters. The third kappa shape index (κ3) is 2.32. The van der Waals surface area contributed by atoms with Crippen LogP contribution in [-0.2, 0) is 0 Å². The van der Waals surface area contributed by atoms with Gasteiger partial charge in [0.15, 0.2) is 0 Å². The monoisotopic (exact) mass is 174 g/mol. The topological polar surface area (TPSA) is 56.1 Å². The Morgan fingerprint density at radius 1 is 1.54 bits per heavy atom. The maximum Gasteiger partial charge on any atom is 0.149 e. The van der Waals surface area contributed by atoms with Crippen LogP contribution in [0.3, 0.4) is 0 Å². The highest BCUT2D eigenvalue weighted by Gasteiger charge is 1.98. The predicted molar refractivity (Wildman–Crippen MR) is 50.7 cm³/mol. The van der Waals surface area contributed by atoms with Crippen molar-refractivity contribution in [1.82, 2.24) is 5.48 Å². The first-order valence-corrected chi connectivity index (χ1v) is 3.79. The Balaban J connectivity index is 3.02. The van der Waals surface area contributed by atoms with E-state index in [1.807, 2.05) is 6.07 Å². The maximum atomic E-state index is 8.50. The molecule has 66 valence electrons. The van der Waals surface area contributed by atoms with Gasteiger partial charge in [0.25, 0.3) is 0 Å². The first-order valence-electron chi connectivity index (χ1n) is 3.79. The minimum absolute atomic E-state index is 0.0280. The third-order valence-electron chi connectivity index (χ3n) is 1.53. The molecule has 0 aliphatic rings. The van der Waals surface area contributed by atoms with Gasteiger partial charge >= 0.3 is 0 Å². The highest BCUT2D eigenvalue weighted by atomic mass is 16.5. The fraction of sp³-hybridized carbons (Fsp3) is 0.100. The average molecular weight is 174 g/mol. The molecule has 3 nitrogen and oxygen atoms in total. The minimum atomic E-state index is -0.0280. The van der Waals surface area contributed by atoms with Crippen molar-refractivity contribution < 1.29 is 5.21 Å². The van der Waals surface area contributed by atoms with Crippen molar-refractivity contribution in [3.05, 3.63) is 35.4 Å². The van der Waals surface area contributed by atoms with E-state index in [0.29, 0.717) is 5.56 Å². The predicted octanol–water partition coefficient (Wildman–Crippen LogP) is 1.36. The van der Waals surface area contributed by atoms with Crippen LogP contribution in [0.15, 0.2) is 24.3 Å². The number of amidine groups is 1. The molecule has 1 rings (SSSR count). The molecule has 0 spiro atoms. The van der Waals surface area contributed by atoms with E-state index in [4.69, 9.17) is 10.6 Å². The highest BCUT2D eigenvalue weighted by Crippen LogP contribution is 2.03. The van der Waals surface area contributed by atoms with Gasteiger partial charge < -0.3 is 0 Å². The minimum Gasteiger partial charge on any atom is -0.290 e. The number of nitrogens with one attached hydrogen (secondary N) is 2. The zero-order valence-corrected chi connectivity index (χ0v) is 7.26. The van der Waals surface area contributed by atoms with E-state index >= 15 is 0 Å². The van der Waals surface area contributed by atoms with Crippen LogP contribution >= 0.6 is 0 Å². The van der Waals surface area contributed by atoms with Crippen LogP contribution in [0.2, 0.25) is 0 Å². The summed E-state index contributed by atoms with van der Waals surface area (Å²) in [5.74, 6) is 5.61. The lowest BCUT2D eigenvalue weighted by Gasteiger charge is -2.01. The molecular weight excluding hydrogens is 164 g/mol. The molecule has 0 saturated carbocycles. The Kier molecular flexibility index (Phi) is 3.07. The van der Waals surface area contributed by atoms with Crippen molar-refractivity contribution in [1.29, 1.82) is 5.41 Å². The quantitative estimate of drug-likeness (QED) is 0.260. The van der Waals surface area contributed by atoms with Crippen molar-refractivity contribution in [2.75, 3.05) is 0 Å². The fourth-order valence-electron chi connectivity index (χ4n) is 0.961. The van der Waals surface area contributed by atoms with Gasteiger partial charge in [-0.25, -0.2) is 0 Å². The fourth-order valence-corrected chi connectivity index (χ4v) is 0.961. The second-order valence-electron chi connectivity index (χ2n) is 2.44. The summed E-state index contributed by atoms with van der Waals surface area (Å²) in [5, 5.41) is 15.8. The van der Waals surface area contributed by atoms with Gasteiger partial charge in [-0.2, -0.15) is 0 Å². The summed E-state index contributed by atoms with van der Waals surface area (Å²) in [7, 11) is 0. The number of benzene rings is 1. The molecular formula is C10H10N2O.